The lowest BCUT2D eigenvalue weighted by molar-refractivity contribution is 0.669. The van der Waals surface area contributed by atoms with Gasteiger partial charge in [0, 0.05) is 12.8 Å². The van der Waals surface area contributed by atoms with E-state index in [-0.39, 0.29) is 0 Å². The van der Waals surface area contributed by atoms with Crippen LogP contribution in [0.25, 0.3) is 0 Å². The smallest absolute Gasteiger partial charge is 0.121 e. The number of benzene rings is 1. The first-order valence-corrected chi connectivity index (χ1v) is 8.08. The van der Waals surface area contributed by atoms with E-state index in [1.807, 2.05) is 0 Å². The third-order valence-electron chi connectivity index (χ3n) is 3.43. The fourth-order valence-corrected chi connectivity index (χ4v) is 3.01. The van der Waals surface area contributed by atoms with Gasteiger partial charge in [0.1, 0.15) is 10.0 Å². The van der Waals surface area contributed by atoms with Crippen molar-refractivity contribution in [2.75, 3.05) is 13.1 Å². The van der Waals surface area contributed by atoms with Crippen molar-refractivity contribution in [2.24, 2.45) is 0 Å². The minimum Gasteiger partial charge on any atom is -0.317 e. The first kappa shape index (κ1) is 15.1. The molecule has 1 N–H and O–H groups in total. The van der Waals surface area contributed by atoms with E-state index in [9.17, 15) is 0 Å². The molecule has 0 spiro atoms. The Balaban J connectivity index is 1.90. The molecule has 0 unspecified atom stereocenters. The molecule has 0 aliphatic heterocycles. The summed E-state index contributed by atoms with van der Waals surface area (Å²) in [4.78, 5) is 0. The summed E-state index contributed by atoms with van der Waals surface area (Å²) in [6.45, 7) is 8.53. The Bertz CT molecular complexity index is 548. The van der Waals surface area contributed by atoms with Gasteiger partial charge in [0.25, 0.3) is 0 Å². The van der Waals surface area contributed by atoms with E-state index in [0.29, 0.717) is 0 Å². The Morgan fingerprint density at radius 2 is 1.90 bits per heavy atom. The monoisotopic (exact) mass is 289 g/mol. The molecule has 0 atom stereocenters. The second-order valence-electron chi connectivity index (χ2n) is 5.14. The van der Waals surface area contributed by atoms with Crippen LogP contribution in [0.5, 0.6) is 0 Å². The van der Waals surface area contributed by atoms with Crippen molar-refractivity contribution in [3.05, 3.63) is 44.9 Å². The van der Waals surface area contributed by atoms with Gasteiger partial charge in [-0.3, -0.25) is 0 Å². The van der Waals surface area contributed by atoms with Crippen LogP contribution in [-0.4, -0.2) is 23.3 Å². The summed E-state index contributed by atoms with van der Waals surface area (Å²) in [5.74, 6) is 0. The molecule has 0 aliphatic carbocycles. The van der Waals surface area contributed by atoms with Crippen molar-refractivity contribution in [1.29, 1.82) is 0 Å². The van der Waals surface area contributed by atoms with E-state index in [4.69, 9.17) is 0 Å². The van der Waals surface area contributed by atoms with Crippen LogP contribution in [0.15, 0.2) is 18.2 Å². The van der Waals surface area contributed by atoms with Gasteiger partial charge in [0.05, 0.1) is 0 Å². The van der Waals surface area contributed by atoms with Crippen LogP contribution in [0.2, 0.25) is 0 Å². The number of nitrogens with zero attached hydrogens (tertiary/aromatic N) is 2. The lowest BCUT2D eigenvalue weighted by atomic mass is 10.0. The topological polar surface area (TPSA) is 37.8 Å². The molecule has 20 heavy (non-hydrogen) atoms. The summed E-state index contributed by atoms with van der Waals surface area (Å²) in [5.41, 5.74) is 4.01. The molecule has 0 saturated heterocycles. The number of nitrogens with one attached hydrogen (secondary N) is 1. The molecule has 2 rings (SSSR count). The van der Waals surface area contributed by atoms with Gasteiger partial charge in [-0.25, -0.2) is 0 Å². The van der Waals surface area contributed by atoms with Crippen LogP contribution in [-0.2, 0) is 12.8 Å². The van der Waals surface area contributed by atoms with Gasteiger partial charge in [-0.05, 0) is 50.0 Å². The second kappa shape index (κ2) is 7.50. The van der Waals surface area contributed by atoms with Gasteiger partial charge in [0.15, 0.2) is 0 Å². The van der Waals surface area contributed by atoms with Crippen LogP contribution < -0.4 is 5.32 Å². The molecule has 0 radical (unpaired) electrons. The summed E-state index contributed by atoms with van der Waals surface area (Å²) in [6, 6.07) is 6.62. The Hall–Kier alpha value is -1.26. The predicted octanol–water partition coefficient (Wildman–Crippen LogP) is 3.29. The van der Waals surface area contributed by atoms with Crippen LogP contribution in [0.1, 0.15) is 40.1 Å². The summed E-state index contributed by atoms with van der Waals surface area (Å²) in [7, 11) is 0. The average molecular weight is 289 g/mol. The highest BCUT2D eigenvalue weighted by molar-refractivity contribution is 7.11. The predicted molar refractivity (Wildman–Crippen MR) is 85.5 cm³/mol. The van der Waals surface area contributed by atoms with Crippen molar-refractivity contribution < 1.29 is 0 Å². The zero-order valence-corrected chi connectivity index (χ0v) is 13.4. The molecule has 0 bridgehead atoms. The Labute approximate surface area is 125 Å². The average Bonchev–Trinajstić information content (AvgIpc) is 2.87. The van der Waals surface area contributed by atoms with E-state index in [1.54, 1.807) is 11.3 Å². The van der Waals surface area contributed by atoms with Crippen molar-refractivity contribution in [3.63, 3.8) is 0 Å². The van der Waals surface area contributed by atoms with Gasteiger partial charge >= 0.3 is 0 Å². The van der Waals surface area contributed by atoms with Crippen LogP contribution in [0, 0.1) is 13.8 Å². The molecule has 108 valence electrons. The molecular formula is C16H23N3S. The zero-order valence-electron chi connectivity index (χ0n) is 12.6. The molecule has 2 aromatic rings. The summed E-state index contributed by atoms with van der Waals surface area (Å²) in [6.07, 6.45) is 3.05. The highest BCUT2D eigenvalue weighted by Gasteiger charge is 2.06. The third-order valence-corrected chi connectivity index (χ3v) is 4.41. The lowest BCUT2D eigenvalue weighted by Gasteiger charge is -2.02. The fraction of sp³-hybridized carbons (Fsp3) is 0.500. The van der Waals surface area contributed by atoms with E-state index >= 15 is 0 Å². The summed E-state index contributed by atoms with van der Waals surface area (Å²) >= 11 is 1.75. The maximum Gasteiger partial charge on any atom is 0.121 e. The molecule has 1 aromatic heterocycles. The normalized spacial score (nSPS) is 10.9. The highest BCUT2D eigenvalue weighted by Crippen LogP contribution is 2.17. The SMILES string of the molecule is CCNCCCc1nnc(Cc2ccc(C)c(C)c2)s1. The third kappa shape index (κ3) is 4.39. The Kier molecular flexibility index (Phi) is 5.68. The van der Waals surface area contributed by atoms with Crippen molar-refractivity contribution in [3.8, 4) is 0 Å². The fourth-order valence-electron chi connectivity index (χ4n) is 2.09. The molecule has 0 aliphatic rings. The van der Waals surface area contributed by atoms with Crippen LogP contribution in [0.3, 0.4) is 0 Å². The molecule has 1 aromatic carbocycles. The lowest BCUT2D eigenvalue weighted by Crippen LogP contribution is -2.14. The van der Waals surface area contributed by atoms with Crippen molar-refractivity contribution in [1.82, 2.24) is 15.5 Å². The maximum atomic E-state index is 4.31. The summed E-state index contributed by atoms with van der Waals surface area (Å²) in [5, 5.41) is 14.2. The van der Waals surface area contributed by atoms with Gasteiger partial charge in [0.2, 0.25) is 0 Å². The number of aryl methyl sites for hydroxylation is 3. The minimum absolute atomic E-state index is 0.895. The van der Waals surface area contributed by atoms with E-state index in [0.717, 1.165) is 42.4 Å². The maximum absolute atomic E-state index is 4.31. The van der Waals surface area contributed by atoms with Crippen molar-refractivity contribution >= 4 is 11.3 Å². The highest BCUT2D eigenvalue weighted by atomic mass is 32.1. The first-order valence-electron chi connectivity index (χ1n) is 7.27. The quantitative estimate of drug-likeness (QED) is 0.795. The molecule has 1 heterocycles. The molecule has 3 nitrogen and oxygen atoms in total. The number of hydrogen-bond donors (Lipinski definition) is 1. The van der Waals surface area contributed by atoms with E-state index in [2.05, 4.69) is 54.5 Å². The van der Waals surface area contributed by atoms with E-state index in [1.165, 1.54) is 16.7 Å². The van der Waals surface area contributed by atoms with Crippen LogP contribution >= 0.6 is 11.3 Å². The van der Waals surface area contributed by atoms with Gasteiger partial charge in [-0.1, -0.05) is 25.1 Å². The number of rotatable bonds is 7. The van der Waals surface area contributed by atoms with Gasteiger partial charge in [-0.15, -0.1) is 21.5 Å². The molecule has 4 heteroatoms. The molecule has 0 amide bonds. The number of hydrogen-bond acceptors (Lipinski definition) is 4. The van der Waals surface area contributed by atoms with Gasteiger partial charge < -0.3 is 5.32 Å². The molecular weight excluding hydrogens is 266 g/mol. The van der Waals surface area contributed by atoms with E-state index < -0.39 is 0 Å². The zero-order chi connectivity index (χ0) is 14.4. The summed E-state index contributed by atoms with van der Waals surface area (Å²) < 4.78 is 0. The molecule has 0 saturated carbocycles. The number of aromatic nitrogens is 2. The van der Waals surface area contributed by atoms with Crippen LogP contribution in [0.4, 0.5) is 0 Å². The minimum atomic E-state index is 0.895. The Morgan fingerprint density at radius 1 is 1.10 bits per heavy atom. The Morgan fingerprint density at radius 3 is 2.65 bits per heavy atom. The van der Waals surface area contributed by atoms with Gasteiger partial charge in [-0.2, -0.15) is 0 Å². The standard InChI is InChI=1S/C16H23N3S/c1-4-17-9-5-6-15-18-19-16(20-15)11-14-8-7-12(2)13(3)10-14/h7-8,10,17H,4-6,9,11H2,1-3H3. The largest absolute Gasteiger partial charge is 0.317 e. The first-order chi connectivity index (χ1) is 9.69. The molecule has 0 fully saturated rings. The van der Waals surface area contributed by atoms with Crippen molar-refractivity contribution in [2.45, 2.75) is 40.0 Å². The second-order valence-corrected chi connectivity index (χ2v) is 6.29.